The number of methoxy groups -OCH3 is 1. The van der Waals surface area contributed by atoms with Crippen LogP contribution in [0, 0.1) is 5.82 Å². The van der Waals surface area contributed by atoms with Gasteiger partial charge in [-0.15, -0.1) is 0 Å². The molecule has 0 spiro atoms. The van der Waals surface area contributed by atoms with Gasteiger partial charge in [-0.2, -0.15) is 5.06 Å². The minimum Gasteiger partial charge on any atom is -0.467 e. The van der Waals surface area contributed by atoms with Crippen molar-refractivity contribution in [1.29, 1.82) is 0 Å². The van der Waals surface area contributed by atoms with E-state index in [2.05, 4.69) is 0 Å². The molecule has 0 bridgehead atoms. The molecule has 0 N–H and O–H groups in total. The van der Waals surface area contributed by atoms with Crippen molar-refractivity contribution >= 4 is 29.5 Å². The molecule has 24 heavy (non-hydrogen) atoms. The molecule has 0 heterocycles. The van der Waals surface area contributed by atoms with E-state index in [0.717, 1.165) is 11.1 Å². The summed E-state index contributed by atoms with van der Waals surface area (Å²) in [5.74, 6) is -1.27. The first-order chi connectivity index (χ1) is 11.4. The smallest absolute Gasteiger partial charge is 0.342 e. The Hall–Kier alpha value is -2.60. The van der Waals surface area contributed by atoms with Gasteiger partial charge < -0.3 is 9.57 Å². The fraction of sp³-hybridized carbons (Fsp3) is 0.176. The van der Waals surface area contributed by atoms with Crippen LogP contribution in [0.5, 0.6) is 5.75 Å². The summed E-state index contributed by atoms with van der Waals surface area (Å²) in [6, 6.07) is 12.2. The molecular formula is C17H15ClFNO4. The van der Waals surface area contributed by atoms with Gasteiger partial charge in [-0.1, -0.05) is 29.8 Å². The zero-order chi connectivity index (χ0) is 17.7. The lowest BCUT2D eigenvalue weighted by Gasteiger charge is -2.35. The summed E-state index contributed by atoms with van der Waals surface area (Å²) in [7, 11) is 1.17. The Morgan fingerprint density at radius 2 is 1.92 bits per heavy atom. The topological polar surface area (TPSA) is 55.8 Å². The molecule has 126 valence electrons. The van der Waals surface area contributed by atoms with E-state index in [1.165, 1.54) is 26.2 Å². The quantitative estimate of drug-likeness (QED) is 0.345. The third kappa shape index (κ3) is 3.49. The maximum atomic E-state index is 13.3. The van der Waals surface area contributed by atoms with Crippen molar-refractivity contribution in [3.05, 3.63) is 59.4 Å². The molecule has 0 fully saturated rings. The third-order valence-electron chi connectivity index (χ3n) is 3.33. The highest BCUT2D eigenvalue weighted by molar-refractivity contribution is 6.30. The van der Waals surface area contributed by atoms with Crippen molar-refractivity contribution in [1.82, 2.24) is 0 Å². The normalized spacial score (nSPS) is 12.8. The fourth-order valence-electron chi connectivity index (χ4n) is 2.00. The van der Waals surface area contributed by atoms with Crippen molar-refractivity contribution in [2.75, 3.05) is 12.2 Å². The molecule has 1 atom stereocenters. The van der Waals surface area contributed by atoms with Crippen molar-refractivity contribution in [3.8, 4) is 5.75 Å². The van der Waals surface area contributed by atoms with Gasteiger partial charge in [0.15, 0.2) is 12.0 Å². The standard InChI is InChI=1S/C17H15ClFNO4/c1-17(11-21,16(22)23-2)20(12-6-4-3-5-7-12)24-13-8-9-15(19)14(18)10-13/h3-11H,1-2H3. The second kappa shape index (κ2) is 7.31. The molecule has 7 heteroatoms. The van der Waals surface area contributed by atoms with Crippen molar-refractivity contribution < 1.29 is 23.6 Å². The summed E-state index contributed by atoms with van der Waals surface area (Å²) in [5, 5.41) is 0.946. The molecule has 0 aliphatic heterocycles. The molecule has 0 saturated heterocycles. The number of rotatable bonds is 6. The van der Waals surface area contributed by atoms with Crippen LogP contribution in [0.25, 0.3) is 0 Å². The molecule has 0 amide bonds. The van der Waals surface area contributed by atoms with Gasteiger partial charge in [-0.25, -0.2) is 9.18 Å². The van der Waals surface area contributed by atoms with Gasteiger partial charge in [0.05, 0.1) is 17.8 Å². The van der Waals surface area contributed by atoms with Gasteiger partial charge in [0.1, 0.15) is 5.82 Å². The molecule has 0 aliphatic carbocycles. The Kier molecular flexibility index (Phi) is 5.41. The predicted octanol–water partition coefficient (Wildman–Crippen LogP) is 3.41. The maximum absolute atomic E-state index is 13.3. The van der Waals surface area contributed by atoms with E-state index < -0.39 is 17.3 Å². The van der Waals surface area contributed by atoms with E-state index in [0.29, 0.717) is 12.0 Å². The lowest BCUT2D eigenvalue weighted by molar-refractivity contribution is -0.150. The van der Waals surface area contributed by atoms with Gasteiger partial charge in [-0.3, -0.25) is 4.79 Å². The number of aldehydes is 1. The van der Waals surface area contributed by atoms with E-state index >= 15 is 0 Å². The Morgan fingerprint density at radius 1 is 1.25 bits per heavy atom. The van der Waals surface area contributed by atoms with E-state index in [-0.39, 0.29) is 10.8 Å². The van der Waals surface area contributed by atoms with E-state index in [1.54, 1.807) is 30.3 Å². The lowest BCUT2D eigenvalue weighted by Crippen LogP contribution is -2.56. The monoisotopic (exact) mass is 351 g/mol. The largest absolute Gasteiger partial charge is 0.467 e. The number of anilines is 1. The number of benzene rings is 2. The number of ether oxygens (including phenoxy) is 1. The van der Waals surface area contributed by atoms with Gasteiger partial charge in [0, 0.05) is 6.07 Å². The van der Waals surface area contributed by atoms with Gasteiger partial charge in [0.2, 0.25) is 5.54 Å². The number of para-hydroxylation sites is 1. The molecule has 0 saturated carbocycles. The number of halogens is 2. The first kappa shape index (κ1) is 17.7. The average Bonchev–Trinajstić information content (AvgIpc) is 2.62. The number of carbonyl (C=O) groups is 2. The zero-order valence-electron chi connectivity index (χ0n) is 13.0. The van der Waals surface area contributed by atoms with Gasteiger partial charge in [0.25, 0.3) is 0 Å². The minimum absolute atomic E-state index is 0.147. The van der Waals surface area contributed by atoms with Crippen LogP contribution >= 0.6 is 11.6 Å². The van der Waals surface area contributed by atoms with Crippen molar-refractivity contribution in [2.24, 2.45) is 0 Å². The third-order valence-corrected chi connectivity index (χ3v) is 3.62. The molecule has 2 aromatic carbocycles. The summed E-state index contributed by atoms with van der Waals surface area (Å²) < 4.78 is 18.0. The number of esters is 1. The first-order valence-electron chi connectivity index (χ1n) is 6.95. The first-order valence-corrected chi connectivity index (χ1v) is 7.33. The molecule has 5 nitrogen and oxygen atoms in total. The number of nitrogens with zero attached hydrogens (tertiary/aromatic N) is 1. The minimum atomic E-state index is -1.75. The summed E-state index contributed by atoms with van der Waals surface area (Å²) in [6.45, 7) is 1.35. The number of hydrogen-bond acceptors (Lipinski definition) is 5. The molecule has 2 rings (SSSR count). The number of carbonyl (C=O) groups excluding carboxylic acids is 2. The SMILES string of the molecule is COC(=O)C(C)(C=O)N(Oc1ccc(F)c(Cl)c1)c1ccccc1. The predicted molar refractivity (Wildman–Crippen MR) is 87.4 cm³/mol. The summed E-state index contributed by atoms with van der Waals surface area (Å²) in [6.07, 6.45) is 0.414. The highest BCUT2D eigenvalue weighted by atomic mass is 35.5. The van der Waals surface area contributed by atoms with Crippen molar-refractivity contribution in [2.45, 2.75) is 12.5 Å². The maximum Gasteiger partial charge on any atom is 0.342 e. The molecule has 2 aromatic rings. The van der Waals surface area contributed by atoms with Crippen LogP contribution in [-0.4, -0.2) is 24.9 Å². The van der Waals surface area contributed by atoms with E-state index in [9.17, 15) is 14.0 Å². The molecular weight excluding hydrogens is 337 g/mol. The van der Waals surface area contributed by atoms with Crippen LogP contribution in [0.15, 0.2) is 48.5 Å². The van der Waals surface area contributed by atoms with Crippen LogP contribution in [-0.2, 0) is 14.3 Å². The van der Waals surface area contributed by atoms with Gasteiger partial charge >= 0.3 is 5.97 Å². The average molecular weight is 352 g/mol. The van der Waals surface area contributed by atoms with Crippen LogP contribution in [0.3, 0.4) is 0 Å². The Balaban J connectivity index is 2.49. The van der Waals surface area contributed by atoms with E-state index in [4.69, 9.17) is 21.2 Å². The number of hydroxylamine groups is 1. The Morgan fingerprint density at radius 3 is 2.46 bits per heavy atom. The summed E-state index contributed by atoms with van der Waals surface area (Å²) in [5.41, 5.74) is -1.32. The lowest BCUT2D eigenvalue weighted by atomic mass is 10.0. The Labute approximate surface area is 143 Å². The van der Waals surface area contributed by atoms with Crippen LogP contribution in [0.2, 0.25) is 5.02 Å². The highest BCUT2D eigenvalue weighted by Gasteiger charge is 2.43. The molecule has 0 aromatic heterocycles. The second-order valence-corrected chi connectivity index (χ2v) is 5.46. The zero-order valence-corrected chi connectivity index (χ0v) is 13.8. The van der Waals surface area contributed by atoms with E-state index in [1.807, 2.05) is 0 Å². The molecule has 0 aliphatic rings. The fourth-order valence-corrected chi connectivity index (χ4v) is 2.17. The molecule has 1 unspecified atom stereocenters. The molecule has 0 radical (unpaired) electrons. The van der Waals surface area contributed by atoms with Crippen molar-refractivity contribution in [3.63, 3.8) is 0 Å². The van der Waals surface area contributed by atoms with Gasteiger partial charge in [-0.05, 0) is 31.2 Å². The van der Waals surface area contributed by atoms with Crippen LogP contribution < -0.4 is 9.90 Å². The van der Waals surface area contributed by atoms with Crippen LogP contribution in [0.1, 0.15) is 6.92 Å². The summed E-state index contributed by atoms with van der Waals surface area (Å²) >= 11 is 5.75. The number of hydrogen-bond donors (Lipinski definition) is 0. The second-order valence-electron chi connectivity index (χ2n) is 5.05. The highest BCUT2D eigenvalue weighted by Crippen LogP contribution is 2.28. The van der Waals surface area contributed by atoms with Crippen LogP contribution in [0.4, 0.5) is 10.1 Å². The Bertz CT molecular complexity index is 741. The summed E-state index contributed by atoms with van der Waals surface area (Å²) in [4.78, 5) is 29.4.